The van der Waals surface area contributed by atoms with Crippen molar-refractivity contribution in [2.24, 2.45) is 0 Å². The van der Waals surface area contributed by atoms with Gasteiger partial charge >= 0.3 is 12.3 Å². The SMILES string of the molecule is COc1ccc(/C=C(\C)C(=O)O)cc1OC(F)(F)F. The van der Waals surface area contributed by atoms with Crippen LogP contribution in [0.4, 0.5) is 13.2 Å². The fraction of sp³-hybridized carbons (Fsp3) is 0.250. The van der Waals surface area contributed by atoms with Gasteiger partial charge in [-0.25, -0.2) is 4.79 Å². The van der Waals surface area contributed by atoms with Crippen LogP contribution in [0, 0.1) is 0 Å². The number of halogens is 3. The number of carboxylic acids is 1. The average molecular weight is 276 g/mol. The maximum absolute atomic E-state index is 12.2. The number of hydrogen-bond acceptors (Lipinski definition) is 3. The molecular formula is C12H11F3O4. The number of methoxy groups -OCH3 is 1. The van der Waals surface area contributed by atoms with Crippen molar-refractivity contribution in [3.63, 3.8) is 0 Å². The Hall–Kier alpha value is -2.18. The topological polar surface area (TPSA) is 55.8 Å². The molecule has 1 N–H and O–H groups in total. The molecule has 0 bridgehead atoms. The Kier molecular flexibility index (Phi) is 4.42. The summed E-state index contributed by atoms with van der Waals surface area (Å²) in [4.78, 5) is 10.6. The maximum atomic E-state index is 12.2. The maximum Gasteiger partial charge on any atom is 0.573 e. The number of carbonyl (C=O) groups is 1. The van der Waals surface area contributed by atoms with E-state index < -0.39 is 18.1 Å². The van der Waals surface area contributed by atoms with E-state index in [4.69, 9.17) is 9.84 Å². The molecule has 0 radical (unpaired) electrons. The van der Waals surface area contributed by atoms with Gasteiger partial charge in [0.15, 0.2) is 11.5 Å². The highest BCUT2D eigenvalue weighted by atomic mass is 19.4. The molecule has 0 aliphatic carbocycles. The van der Waals surface area contributed by atoms with Crippen LogP contribution in [-0.4, -0.2) is 24.5 Å². The van der Waals surface area contributed by atoms with Crippen molar-refractivity contribution in [3.8, 4) is 11.5 Å². The Bertz CT molecular complexity index is 506. The largest absolute Gasteiger partial charge is 0.573 e. The number of aliphatic carboxylic acids is 1. The first-order valence-corrected chi connectivity index (χ1v) is 5.08. The number of ether oxygens (including phenoxy) is 2. The second-order valence-electron chi connectivity index (χ2n) is 3.59. The third-order valence-corrected chi connectivity index (χ3v) is 2.13. The van der Waals surface area contributed by atoms with Crippen molar-refractivity contribution in [3.05, 3.63) is 29.3 Å². The molecule has 0 aliphatic heterocycles. The Balaban J connectivity index is 3.15. The smallest absolute Gasteiger partial charge is 0.493 e. The van der Waals surface area contributed by atoms with Crippen molar-refractivity contribution in [1.29, 1.82) is 0 Å². The zero-order valence-electron chi connectivity index (χ0n) is 10.1. The number of benzene rings is 1. The van der Waals surface area contributed by atoms with Crippen LogP contribution in [0.3, 0.4) is 0 Å². The normalized spacial score (nSPS) is 12.2. The van der Waals surface area contributed by atoms with Gasteiger partial charge in [0, 0.05) is 5.57 Å². The zero-order valence-corrected chi connectivity index (χ0v) is 10.1. The van der Waals surface area contributed by atoms with Crippen LogP contribution in [0.2, 0.25) is 0 Å². The molecule has 0 atom stereocenters. The first kappa shape index (κ1) is 14.9. The number of rotatable bonds is 4. The summed E-state index contributed by atoms with van der Waals surface area (Å²) in [6.45, 7) is 1.33. The lowest BCUT2D eigenvalue weighted by atomic mass is 10.1. The molecule has 19 heavy (non-hydrogen) atoms. The van der Waals surface area contributed by atoms with E-state index in [1.807, 2.05) is 0 Å². The van der Waals surface area contributed by atoms with Crippen molar-refractivity contribution >= 4 is 12.0 Å². The minimum atomic E-state index is -4.85. The van der Waals surface area contributed by atoms with Gasteiger partial charge in [-0.15, -0.1) is 13.2 Å². The van der Waals surface area contributed by atoms with Crippen LogP contribution < -0.4 is 9.47 Å². The fourth-order valence-electron chi connectivity index (χ4n) is 1.30. The van der Waals surface area contributed by atoms with Gasteiger partial charge in [0.05, 0.1) is 7.11 Å². The zero-order chi connectivity index (χ0) is 14.6. The van der Waals surface area contributed by atoms with E-state index in [0.29, 0.717) is 0 Å². The van der Waals surface area contributed by atoms with E-state index in [-0.39, 0.29) is 16.9 Å². The summed E-state index contributed by atoms with van der Waals surface area (Å²) >= 11 is 0. The second kappa shape index (κ2) is 5.64. The van der Waals surface area contributed by atoms with Gasteiger partial charge in [0.2, 0.25) is 0 Å². The quantitative estimate of drug-likeness (QED) is 0.859. The van der Waals surface area contributed by atoms with Crippen LogP contribution in [0.25, 0.3) is 6.08 Å². The molecule has 104 valence electrons. The lowest BCUT2D eigenvalue weighted by Crippen LogP contribution is -2.17. The number of alkyl halides is 3. The van der Waals surface area contributed by atoms with Crippen LogP contribution in [0.15, 0.2) is 23.8 Å². The third-order valence-electron chi connectivity index (χ3n) is 2.13. The van der Waals surface area contributed by atoms with E-state index in [1.54, 1.807) is 0 Å². The molecule has 0 fully saturated rings. The van der Waals surface area contributed by atoms with Crippen LogP contribution in [0.5, 0.6) is 11.5 Å². The van der Waals surface area contributed by atoms with Crippen molar-refractivity contribution in [2.75, 3.05) is 7.11 Å². The summed E-state index contributed by atoms with van der Waals surface area (Å²) in [6, 6.07) is 3.75. The van der Waals surface area contributed by atoms with E-state index in [1.165, 1.54) is 32.2 Å². The van der Waals surface area contributed by atoms with Gasteiger partial charge in [-0.1, -0.05) is 6.07 Å². The Labute approximate surface area is 107 Å². The van der Waals surface area contributed by atoms with E-state index >= 15 is 0 Å². The molecular weight excluding hydrogens is 265 g/mol. The van der Waals surface area contributed by atoms with Gasteiger partial charge in [0.25, 0.3) is 0 Å². The number of carboxylic acid groups (broad SMARTS) is 1. The fourth-order valence-corrected chi connectivity index (χ4v) is 1.30. The molecule has 0 amide bonds. The molecule has 0 unspecified atom stereocenters. The summed E-state index contributed by atoms with van der Waals surface area (Å²) in [5.74, 6) is -1.78. The van der Waals surface area contributed by atoms with Crippen molar-refractivity contribution < 1.29 is 32.5 Å². The highest BCUT2D eigenvalue weighted by Crippen LogP contribution is 2.33. The van der Waals surface area contributed by atoms with Crippen LogP contribution in [-0.2, 0) is 4.79 Å². The predicted octanol–water partition coefficient (Wildman–Crippen LogP) is 3.08. The molecule has 0 heterocycles. The standard InChI is InChI=1S/C12H11F3O4/c1-7(11(16)17)5-8-3-4-9(18-2)10(6-8)19-12(13,14)15/h3-6H,1-2H3,(H,16,17)/b7-5+. The van der Waals surface area contributed by atoms with Gasteiger partial charge in [-0.3, -0.25) is 0 Å². The third kappa shape index (κ3) is 4.53. The molecule has 0 aliphatic rings. The molecule has 0 aromatic heterocycles. The van der Waals surface area contributed by atoms with Crippen molar-refractivity contribution in [1.82, 2.24) is 0 Å². The van der Waals surface area contributed by atoms with Crippen molar-refractivity contribution in [2.45, 2.75) is 13.3 Å². The van der Waals surface area contributed by atoms with E-state index in [0.717, 1.165) is 6.07 Å². The monoisotopic (exact) mass is 276 g/mol. The summed E-state index contributed by atoms with van der Waals surface area (Å²) in [6.07, 6.45) is -3.62. The molecule has 7 heteroatoms. The van der Waals surface area contributed by atoms with Gasteiger partial charge in [-0.05, 0) is 30.7 Å². The molecule has 0 spiro atoms. The molecule has 1 aromatic rings. The van der Waals surface area contributed by atoms with Gasteiger partial charge in [0.1, 0.15) is 0 Å². The van der Waals surface area contributed by atoms with Gasteiger partial charge in [-0.2, -0.15) is 0 Å². The molecule has 0 saturated carbocycles. The van der Waals surface area contributed by atoms with E-state index in [2.05, 4.69) is 4.74 Å². The van der Waals surface area contributed by atoms with E-state index in [9.17, 15) is 18.0 Å². The first-order valence-electron chi connectivity index (χ1n) is 5.08. The Morgan fingerprint density at radius 2 is 1.95 bits per heavy atom. The summed E-state index contributed by atoms with van der Waals surface area (Å²) in [7, 11) is 1.20. The Morgan fingerprint density at radius 1 is 1.32 bits per heavy atom. The number of hydrogen-bond donors (Lipinski definition) is 1. The summed E-state index contributed by atoms with van der Waals surface area (Å²) < 4.78 is 45.1. The molecule has 0 saturated heterocycles. The minimum absolute atomic E-state index is 0.0110. The summed E-state index contributed by atoms with van der Waals surface area (Å²) in [5.41, 5.74) is 0.253. The highest BCUT2D eigenvalue weighted by molar-refractivity contribution is 5.91. The van der Waals surface area contributed by atoms with Crippen LogP contribution in [0.1, 0.15) is 12.5 Å². The Morgan fingerprint density at radius 3 is 2.42 bits per heavy atom. The second-order valence-corrected chi connectivity index (χ2v) is 3.59. The molecule has 4 nitrogen and oxygen atoms in total. The minimum Gasteiger partial charge on any atom is -0.493 e. The summed E-state index contributed by atoms with van der Waals surface area (Å²) in [5, 5.41) is 8.70. The van der Waals surface area contributed by atoms with Crippen LogP contribution >= 0.6 is 0 Å². The lowest BCUT2D eigenvalue weighted by molar-refractivity contribution is -0.275. The average Bonchev–Trinajstić information content (AvgIpc) is 2.27. The van der Waals surface area contributed by atoms with Gasteiger partial charge < -0.3 is 14.6 Å². The molecule has 1 rings (SSSR count). The highest BCUT2D eigenvalue weighted by Gasteiger charge is 2.32. The predicted molar refractivity (Wildman–Crippen MR) is 61.0 cm³/mol. The molecule has 1 aromatic carbocycles. The lowest BCUT2D eigenvalue weighted by Gasteiger charge is -2.13. The first-order chi connectivity index (χ1) is 8.73.